The van der Waals surface area contributed by atoms with Crippen molar-refractivity contribution in [1.82, 2.24) is 5.32 Å². The molecule has 0 spiro atoms. The standard InChI is InChI=1S/C16H31NO4/c1-11(2)12(17-14(19)21-16(6,7)8)9-10-13(18)20-15(3,4)5/h11-12H,9-10H2,1-8H3,(H,17,19). The van der Waals surface area contributed by atoms with Crippen molar-refractivity contribution in [2.45, 2.75) is 85.5 Å². The van der Waals surface area contributed by atoms with E-state index in [0.29, 0.717) is 6.42 Å². The molecule has 1 N–H and O–H groups in total. The summed E-state index contributed by atoms with van der Waals surface area (Å²) in [5.41, 5.74) is -1.01. The minimum absolute atomic E-state index is 0.118. The quantitative estimate of drug-likeness (QED) is 0.787. The van der Waals surface area contributed by atoms with Gasteiger partial charge in [0.25, 0.3) is 0 Å². The number of nitrogens with one attached hydrogen (secondary N) is 1. The Hall–Kier alpha value is -1.26. The van der Waals surface area contributed by atoms with Crippen molar-refractivity contribution >= 4 is 12.1 Å². The van der Waals surface area contributed by atoms with E-state index >= 15 is 0 Å². The summed E-state index contributed by atoms with van der Waals surface area (Å²) in [6.07, 6.45) is 0.354. The summed E-state index contributed by atoms with van der Waals surface area (Å²) < 4.78 is 10.5. The van der Waals surface area contributed by atoms with Crippen LogP contribution in [-0.2, 0) is 14.3 Å². The zero-order valence-electron chi connectivity index (χ0n) is 14.7. The van der Waals surface area contributed by atoms with Crippen LogP contribution in [0.2, 0.25) is 0 Å². The van der Waals surface area contributed by atoms with Gasteiger partial charge in [-0.3, -0.25) is 4.79 Å². The molecular weight excluding hydrogens is 270 g/mol. The fraction of sp³-hybridized carbons (Fsp3) is 0.875. The lowest BCUT2D eigenvalue weighted by Crippen LogP contribution is -2.42. The molecule has 0 fully saturated rings. The summed E-state index contributed by atoms with van der Waals surface area (Å²) >= 11 is 0. The van der Waals surface area contributed by atoms with Gasteiger partial charge in [0.1, 0.15) is 11.2 Å². The average Bonchev–Trinajstić information content (AvgIpc) is 2.18. The van der Waals surface area contributed by atoms with Gasteiger partial charge < -0.3 is 14.8 Å². The highest BCUT2D eigenvalue weighted by molar-refractivity contribution is 5.70. The zero-order valence-corrected chi connectivity index (χ0v) is 14.7. The lowest BCUT2D eigenvalue weighted by molar-refractivity contribution is -0.155. The maximum atomic E-state index is 11.8. The first-order chi connectivity index (χ1) is 9.30. The van der Waals surface area contributed by atoms with E-state index in [0.717, 1.165) is 0 Å². The largest absolute Gasteiger partial charge is 0.460 e. The van der Waals surface area contributed by atoms with E-state index in [4.69, 9.17) is 9.47 Å². The Labute approximate surface area is 128 Å². The lowest BCUT2D eigenvalue weighted by Gasteiger charge is -2.26. The van der Waals surface area contributed by atoms with Crippen molar-refractivity contribution in [3.63, 3.8) is 0 Å². The summed E-state index contributed by atoms with van der Waals surface area (Å²) in [6.45, 7) is 15.0. The monoisotopic (exact) mass is 301 g/mol. The van der Waals surface area contributed by atoms with Crippen molar-refractivity contribution in [3.8, 4) is 0 Å². The van der Waals surface area contributed by atoms with E-state index in [2.05, 4.69) is 5.32 Å². The zero-order chi connectivity index (χ0) is 16.8. The lowest BCUT2D eigenvalue weighted by atomic mass is 9.99. The highest BCUT2D eigenvalue weighted by atomic mass is 16.6. The third-order valence-corrected chi connectivity index (χ3v) is 2.59. The molecule has 21 heavy (non-hydrogen) atoms. The Morgan fingerprint density at radius 2 is 1.43 bits per heavy atom. The van der Waals surface area contributed by atoms with Crippen LogP contribution in [-0.4, -0.2) is 29.3 Å². The topological polar surface area (TPSA) is 64.6 Å². The number of alkyl carbamates (subject to hydrolysis) is 1. The molecule has 0 aromatic rings. The molecule has 0 aliphatic rings. The molecule has 124 valence electrons. The van der Waals surface area contributed by atoms with Crippen LogP contribution in [0.5, 0.6) is 0 Å². The molecule has 0 aromatic carbocycles. The van der Waals surface area contributed by atoms with Gasteiger partial charge in [-0.25, -0.2) is 4.79 Å². The fourth-order valence-corrected chi connectivity index (χ4v) is 1.70. The minimum Gasteiger partial charge on any atom is -0.460 e. The SMILES string of the molecule is CC(C)C(CCC(=O)OC(C)(C)C)NC(=O)OC(C)(C)C. The normalized spacial score (nSPS) is 13.8. The second-order valence-electron chi connectivity index (χ2n) is 7.62. The van der Waals surface area contributed by atoms with Crippen LogP contribution in [0, 0.1) is 5.92 Å². The fourth-order valence-electron chi connectivity index (χ4n) is 1.70. The number of hydrogen-bond acceptors (Lipinski definition) is 4. The Bertz CT molecular complexity index is 350. The molecule has 0 aromatic heterocycles. The highest BCUT2D eigenvalue weighted by Gasteiger charge is 2.23. The molecule has 5 nitrogen and oxygen atoms in total. The molecule has 1 atom stereocenters. The first-order valence-electron chi connectivity index (χ1n) is 7.51. The number of esters is 1. The summed E-state index contributed by atoms with van der Waals surface area (Å²) in [5, 5.41) is 2.82. The summed E-state index contributed by atoms with van der Waals surface area (Å²) in [6, 6.07) is -0.118. The van der Waals surface area contributed by atoms with Crippen molar-refractivity contribution in [2.24, 2.45) is 5.92 Å². The number of hydrogen-bond donors (Lipinski definition) is 1. The number of amides is 1. The van der Waals surface area contributed by atoms with Crippen LogP contribution in [0.4, 0.5) is 4.79 Å². The number of rotatable bonds is 5. The third-order valence-electron chi connectivity index (χ3n) is 2.59. The van der Waals surface area contributed by atoms with Gasteiger partial charge in [0.15, 0.2) is 0 Å². The molecule has 5 heteroatoms. The van der Waals surface area contributed by atoms with Crippen LogP contribution < -0.4 is 5.32 Å². The van der Waals surface area contributed by atoms with Gasteiger partial charge in [-0.1, -0.05) is 13.8 Å². The Morgan fingerprint density at radius 1 is 0.952 bits per heavy atom. The number of carbonyl (C=O) groups is 2. The number of ether oxygens (including phenoxy) is 2. The van der Waals surface area contributed by atoms with Crippen molar-refractivity contribution in [3.05, 3.63) is 0 Å². The molecule has 0 radical (unpaired) electrons. The maximum Gasteiger partial charge on any atom is 0.407 e. The van der Waals surface area contributed by atoms with Gasteiger partial charge in [0.2, 0.25) is 0 Å². The minimum atomic E-state index is -0.531. The Morgan fingerprint density at radius 3 is 1.81 bits per heavy atom. The predicted molar refractivity (Wildman–Crippen MR) is 83.1 cm³/mol. The molecule has 0 aliphatic heterocycles. The molecule has 1 unspecified atom stereocenters. The van der Waals surface area contributed by atoms with Gasteiger partial charge in [0, 0.05) is 12.5 Å². The third kappa shape index (κ3) is 11.1. The van der Waals surface area contributed by atoms with Gasteiger partial charge in [-0.2, -0.15) is 0 Å². The molecular formula is C16H31NO4. The van der Waals surface area contributed by atoms with Crippen LogP contribution in [0.1, 0.15) is 68.2 Å². The molecule has 0 aliphatic carbocycles. The first kappa shape index (κ1) is 19.7. The second kappa shape index (κ2) is 7.66. The van der Waals surface area contributed by atoms with Crippen molar-refractivity contribution < 1.29 is 19.1 Å². The Balaban J connectivity index is 4.39. The van der Waals surface area contributed by atoms with Crippen molar-refractivity contribution in [2.75, 3.05) is 0 Å². The van der Waals surface area contributed by atoms with Crippen LogP contribution in [0.3, 0.4) is 0 Å². The number of carbonyl (C=O) groups excluding carboxylic acids is 2. The predicted octanol–water partition coefficient (Wildman–Crippen LogP) is 3.66. The molecule has 0 rings (SSSR count). The van der Waals surface area contributed by atoms with E-state index in [1.165, 1.54) is 0 Å². The summed E-state index contributed by atoms with van der Waals surface area (Å²) in [4.78, 5) is 23.5. The van der Waals surface area contributed by atoms with E-state index < -0.39 is 17.3 Å². The highest BCUT2D eigenvalue weighted by Crippen LogP contribution is 2.14. The van der Waals surface area contributed by atoms with Crippen molar-refractivity contribution in [1.29, 1.82) is 0 Å². The van der Waals surface area contributed by atoms with E-state index in [1.807, 2.05) is 55.4 Å². The second-order valence-corrected chi connectivity index (χ2v) is 7.62. The van der Waals surface area contributed by atoms with E-state index in [-0.39, 0.29) is 24.3 Å². The molecule has 1 amide bonds. The van der Waals surface area contributed by atoms with Crippen LogP contribution in [0.25, 0.3) is 0 Å². The molecule has 0 bridgehead atoms. The van der Waals surface area contributed by atoms with Gasteiger partial charge in [0.05, 0.1) is 0 Å². The Kier molecular flexibility index (Phi) is 7.20. The van der Waals surface area contributed by atoms with Crippen LogP contribution in [0.15, 0.2) is 0 Å². The van der Waals surface area contributed by atoms with Gasteiger partial charge >= 0.3 is 12.1 Å². The van der Waals surface area contributed by atoms with Crippen LogP contribution >= 0.6 is 0 Å². The average molecular weight is 301 g/mol. The maximum absolute atomic E-state index is 11.8. The van der Waals surface area contributed by atoms with Gasteiger partial charge in [-0.05, 0) is 53.9 Å². The summed E-state index contributed by atoms with van der Waals surface area (Å²) in [5.74, 6) is -0.0425. The smallest absolute Gasteiger partial charge is 0.407 e. The van der Waals surface area contributed by atoms with Gasteiger partial charge in [-0.15, -0.1) is 0 Å². The first-order valence-corrected chi connectivity index (χ1v) is 7.51. The summed E-state index contributed by atoms with van der Waals surface area (Å²) in [7, 11) is 0. The van der Waals surface area contributed by atoms with E-state index in [9.17, 15) is 9.59 Å². The van der Waals surface area contributed by atoms with E-state index in [1.54, 1.807) is 0 Å². The molecule has 0 saturated carbocycles. The molecule has 0 saturated heterocycles. The molecule has 0 heterocycles.